The van der Waals surface area contributed by atoms with Crippen LogP contribution in [-0.2, 0) is 11.2 Å². The number of pyridine rings is 1. The molecule has 0 saturated heterocycles. The predicted molar refractivity (Wildman–Crippen MR) is 54.3 cm³/mol. The number of carbonyl (C=O) groups excluding carboxylic acids is 1. The SMILES string of the molecule is CNC(=O)C(=CN)Cc1ccncc1. The van der Waals surface area contributed by atoms with Crippen LogP contribution in [0.5, 0.6) is 0 Å². The van der Waals surface area contributed by atoms with Gasteiger partial charge in [0.25, 0.3) is 0 Å². The fourth-order valence-corrected chi connectivity index (χ4v) is 1.10. The lowest BCUT2D eigenvalue weighted by Gasteiger charge is -2.04. The van der Waals surface area contributed by atoms with Crippen molar-refractivity contribution in [2.45, 2.75) is 6.42 Å². The van der Waals surface area contributed by atoms with Gasteiger partial charge in [0.1, 0.15) is 0 Å². The van der Waals surface area contributed by atoms with Gasteiger partial charge in [-0.25, -0.2) is 0 Å². The zero-order chi connectivity index (χ0) is 10.4. The van der Waals surface area contributed by atoms with Gasteiger partial charge in [-0.1, -0.05) is 0 Å². The molecule has 0 aliphatic rings. The number of likely N-dealkylation sites (N-methyl/N-ethyl adjacent to an activating group) is 1. The second kappa shape index (κ2) is 5.01. The Morgan fingerprint density at radius 1 is 1.57 bits per heavy atom. The van der Waals surface area contributed by atoms with Gasteiger partial charge in [-0.2, -0.15) is 0 Å². The molecule has 14 heavy (non-hydrogen) atoms. The minimum absolute atomic E-state index is 0.149. The molecule has 0 spiro atoms. The molecule has 1 aromatic heterocycles. The molecule has 0 bridgehead atoms. The quantitative estimate of drug-likeness (QED) is 0.671. The van der Waals surface area contributed by atoms with E-state index >= 15 is 0 Å². The van der Waals surface area contributed by atoms with Gasteiger partial charge in [-0.05, 0) is 17.7 Å². The highest BCUT2D eigenvalue weighted by Crippen LogP contribution is 2.05. The van der Waals surface area contributed by atoms with E-state index in [1.807, 2.05) is 12.1 Å². The molecule has 4 heteroatoms. The third-order valence-electron chi connectivity index (χ3n) is 1.86. The average Bonchev–Trinajstić information content (AvgIpc) is 2.26. The fraction of sp³-hybridized carbons (Fsp3) is 0.200. The van der Waals surface area contributed by atoms with Crippen molar-refractivity contribution in [3.05, 3.63) is 41.9 Å². The van der Waals surface area contributed by atoms with Crippen LogP contribution in [0.4, 0.5) is 0 Å². The maximum atomic E-state index is 11.3. The van der Waals surface area contributed by atoms with Crippen molar-refractivity contribution in [3.63, 3.8) is 0 Å². The van der Waals surface area contributed by atoms with Crippen LogP contribution < -0.4 is 11.1 Å². The second-order valence-electron chi connectivity index (χ2n) is 2.80. The van der Waals surface area contributed by atoms with E-state index in [-0.39, 0.29) is 5.91 Å². The van der Waals surface area contributed by atoms with Crippen LogP contribution in [-0.4, -0.2) is 17.9 Å². The summed E-state index contributed by atoms with van der Waals surface area (Å²) in [6.07, 6.45) is 5.23. The van der Waals surface area contributed by atoms with E-state index in [0.29, 0.717) is 12.0 Å². The van der Waals surface area contributed by atoms with Gasteiger partial charge in [0.05, 0.1) is 0 Å². The van der Waals surface area contributed by atoms with Crippen molar-refractivity contribution in [3.8, 4) is 0 Å². The summed E-state index contributed by atoms with van der Waals surface area (Å²) in [5.41, 5.74) is 6.93. The van der Waals surface area contributed by atoms with Crippen molar-refractivity contribution in [2.24, 2.45) is 5.73 Å². The van der Waals surface area contributed by atoms with Crippen LogP contribution in [0.1, 0.15) is 5.56 Å². The highest BCUT2D eigenvalue weighted by molar-refractivity contribution is 5.93. The van der Waals surface area contributed by atoms with Gasteiger partial charge in [0, 0.05) is 37.6 Å². The Balaban J connectivity index is 2.73. The molecular formula is C10H13N3O. The molecule has 1 aromatic rings. The maximum Gasteiger partial charge on any atom is 0.248 e. The summed E-state index contributed by atoms with van der Waals surface area (Å²) >= 11 is 0. The summed E-state index contributed by atoms with van der Waals surface area (Å²) in [6, 6.07) is 3.71. The molecule has 0 aromatic carbocycles. The van der Waals surface area contributed by atoms with Gasteiger partial charge in [0.15, 0.2) is 0 Å². The molecule has 0 fully saturated rings. The molecule has 1 rings (SSSR count). The Kier molecular flexibility index (Phi) is 3.67. The highest BCUT2D eigenvalue weighted by atomic mass is 16.1. The van der Waals surface area contributed by atoms with Crippen molar-refractivity contribution >= 4 is 5.91 Å². The van der Waals surface area contributed by atoms with Gasteiger partial charge < -0.3 is 11.1 Å². The summed E-state index contributed by atoms with van der Waals surface area (Å²) in [7, 11) is 1.58. The second-order valence-corrected chi connectivity index (χ2v) is 2.80. The van der Waals surface area contributed by atoms with E-state index in [2.05, 4.69) is 10.3 Å². The Hall–Kier alpha value is -1.84. The average molecular weight is 191 g/mol. The highest BCUT2D eigenvalue weighted by Gasteiger charge is 2.06. The number of amides is 1. The van der Waals surface area contributed by atoms with E-state index in [4.69, 9.17) is 5.73 Å². The first-order valence-corrected chi connectivity index (χ1v) is 4.29. The lowest BCUT2D eigenvalue weighted by Crippen LogP contribution is -2.22. The third kappa shape index (κ3) is 2.58. The smallest absolute Gasteiger partial charge is 0.248 e. The molecule has 1 heterocycles. The van der Waals surface area contributed by atoms with Crippen molar-refractivity contribution < 1.29 is 4.79 Å². The first-order chi connectivity index (χ1) is 6.77. The number of nitrogens with one attached hydrogen (secondary N) is 1. The van der Waals surface area contributed by atoms with E-state index in [9.17, 15) is 4.79 Å². The van der Waals surface area contributed by atoms with Crippen molar-refractivity contribution in [1.82, 2.24) is 10.3 Å². The minimum atomic E-state index is -0.149. The Morgan fingerprint density at radius 3 is 2.71 bits per heavy atom. The number of hydrogen-bond acceptors (Lipinski definition) is 3. The molecular weight excluding hydrogens is 178 g/mol. The molecule has 0 aliphatic carbocycles. The summed E-state index contributed by atoms with van der Waals surface area (Å²) in [5.74, 6) is -0.149. The number of rotatable bonds is 3. The molecule has 4 nitrogen and oxygen atoms in total. The summed E-state index contributed by atoms with van der Waals surface area (Å²) in [6.45, 7) is 0. The standard InChI is InChI=1S/C10H13N3O/c1-12-10(14)9(7-11)6-8-2-4-13-5-3-8/h2-5,7H,6,11H2,1H3,(H,12,14). The number of hydrogen-bond donors (Lipinski definition) is 2. The summed E-state index contributed by atoms with van der Waals surface area (Å²) in [4.78, 5) is 15.2. The topological polar surface area (TPSA) is 68.0 Å². The van der Waals surface area contributed by atoms with Crippen LogP contribution in [0.2, 0.25) is 0 Å². The van der Waals surface area contributed by atoms with Crippen molar-refractivity contribution in [1.29, 1.82) is 0 Å². The largest absolute Gasteiger partial charge is 0.404 e. The first-order valence-electron chi connectivity index (χ1n) is 4.29. The fourth-order valence-electron chi connectivity index (χ4n) is 1.10. The molecule has 0 aliphatic heterocycles. The number of nitrogens with zero attached hydrogens (tertiary/aromatic N) is 1. The number of carbonyl (C=O) groups is 1. The van der Waals surface area contributed by atoms with Crippen LogP contribution >= 0.6 is 0 Å². The third-order valence-corrected chi connectivity index (χ3v) is 1.86. The zero-order valence-corrected chi connectivity index (χ0v) is 8.03. The minimum Gasteiger partial charge on any atom is -0.404 e. The molecule has 0 radical (unpaired) electrons. The molecule has 0 atom stereocenters. The summed E-state index contributed by atoms with van der Waals surface area (Å²) < 4.78 is 0. The zero-order valence-electron chi connectivity index (χ0n) is 8.03. The predicted octanol–water partition coefficient (Wildman–Crippen LogP) is 0.213. The number of nitrogens with two attached hydrogens (primary N) is 1. The van der Waals surface area contributed by atoms with E-state index < -0.39 is 0 Å². The van der Waals surface area contributed by atoms with Crippen LogP contribution in [0.3, 0.4) is 0 Å². The van der Waals surface area contributed by atoms with Crippen LogP contribution in [0.15, 0.2) is 36.3 Å². The molecule has 0 unspecified atom stereocenters. The molecule has 1 amide bonds. The Morgan fingerprint density at radius 2 is 2.21 bits per heavy atom. The van der Waals surface area contributed by atoms with E-state index in [1.54, 1.807) is 19.4 Å². The molecule has 0 saturated carbocycles. The maximum absolute atomic E-state index is 11.3. The van der Waals surface area contributed by atoms with E-state index in [1.165, 1.54) is 6.20 Å². The number of aromatic nitrogens is 1. The normalized spacial score (nSPS) is 11.1. The summed E-state index contributed by atoms with van der Waals surface area (Å²) in [5, 5.41) is 2.53. The monoisotopic (exact) mass is 191 g/mol. The van der Waals surface area contributed by atoms with Gasteiger partial charge in [-0.3, -0.25) is 9.78 Å². The van der Waals surface area contributed by atoms with E-state index in [0.717, 1.165) is 5.56 Å². The lowest BCUT2D eigenvalue weighted by molar-refractivity contribution is -0.117. The van der Waals surface area contributed by atoms with Crippen LogP contribution in [0, 0.1) is 0 Å². The molecule has 74 valence electrons. The van der Waals surface area contributed by atoms with Gasteiger partial charge in [-0.15, -0.1) is 0 Å². The Labute approximate surface area is 82.8 Å². The Bertz CT molecular complexity index is 332. The lowest BCUT2D eigenvalue weighted by atomic mass is 10.1. The molecule has 3 N–H and O–H groups in total. The van der Waals surface area contributed by atoms with Crippen molar-refractivity contribution in [2.75, 3.05) is 7.05 Å². The van der Waals surface area contributed by atoms with Gasteiger partial charge >= 0.3 is 0 Å². The van der Waals surface area contributed by atoms with Gasteiger partial charge in [0.2, 0.25) is 5.91 Å². The first kappa shape index (κ1) is 10.2. The van der Waals surface area contributed by atoms with Crippen LogP contribution in [0.25, 0.3) is 0 Å².